The summed E-state index contributed by atoms with van der Waals surface area (Å²) < 4.78 is 61.1. The number of aryl methyl sites for hydroxylation is 1. The molecule has 2 aromatic rings. The zero-order valence-corrected chi connectivity index (χ0v) is 12.8. The molecule has 0 amide bonds. The van der Waals surface area contributed by atoms with E-state index in [1.165, 1.54) is 24.3 Å². The van der Waals surface area contributed by atoms with Gasteiger partial charge in [-0.05, 0) is 36.8 Å². The molecule has 0 aliphatic rings. The highest BCUT2D eigenvalue weighted by atomic mass is 32.2. The first-order valence-electron chi connectivity index (χ1n) is 6.47. The molecule has 0 unspecified atom stereocenters. The molecule has 2 aromatic carbocycles. The molecule has 1 N–H and O–H groups in total. The summed E-state index contributed by atoms with van der Waals surface area (Å²) in [7, 11) is -3.81. The summed E-state index contributed by atoms with van der Waals surface area (Å²) >= 11 is 0. The first-order chi connectivity index (χ1) is 10.7. The molecule has 0 aliphatic carbocycles. The molecule has 8 heteroatoms. The van der Waals surface area contributed by atoms with Crippen molar-refractivity contribution in [3.8, 4) is 0 Å². The predicted molar refractivity (Wildman–Crippen MR) is 80.5 cm³/mol. The van der Waals surface area contributed by atoms with Gasteiger partial charge < -0.3 is 0 Å². The molecule has 23 heavy (non-hydrogen) atoms. The van der Waals surface area contributed by atoms with Gasteiger partial charge in [-0.1, -0.05) is 29.8 Å². The highest BCUT2D eigenvalue weighted by Gasteiger charge is 2.29. The summed E-state index contributed by atoms with van der Waals surface area (Å²) in [6, 6.07) is 10.4. The Morgan fingerprint density at radius 2 is 1.57 bits per heavy atom. The number of hydrogen-bond acceptors (Lipinski definition) is 3. The quantitative estimate of drug-likeness (QED) is 0.684. The number of benzene rings is 2. The minimum atomic E-state index is -4.41. The van der Waals surface area contributed by atoms with Crippen molar-refractivity contribution in [2.24, 2.45) is 5.10 Å². The number of halogens is 3. The number of nitrogens with one attached hydrogen (secondary N) is 1. The van der Waals surface area contributed by atoms with E-state index in [9.17, 15) is 21.6 Å². The van der Waals surface area contributed by atoms with Crippen molar-refractivity contribution in [3.63, 3.8) is 0 Å². The van der Waals surface area contributed by atoms with Gasteiger partial charge in [-0.2, -0.15) is 26.7 Å². The van der Waals surface area contributed by atoms with Crippen molar-refractivity contribution in [2.75, 3.05) is 0 Å². The maximum Gasteiger partial charge on any atom is 0.416 e. The monoisotopic (exact) mass is 342 g/mol. The van der Waals surface area contributed by atoms with Crippen molar-refractivity contribution in [1.29, 1.82) is 0 Å². The van der Waals surface area contributed by atoms with Gasteiger partial charge in [-0.15, -0.1) is 0 Å². The average Bonchev–Trinajstić information content (AvgIpc) is 2.47. The summed E-state index contributed by atoms with van der Waals surface area (Å²) in [4.78, 5) is 2.06. The average molecular weight is 342 g/mol. The number of hydrogen-bond donors (Lipinski definition) is 1. The Labute approximate surface area is 131 Å². The second kappa shape index (κ2) is 6.41. The van der Waals surface area contributed by atoms with Crippen LogP contribution in [0.2, 0.25) is 0 Å². The lowest BCUT2D eigenvalue weighted by Crippen LogP contribution is -2.18. The van der Waals surface area contributed by atoms with Crippen molar-refractivity contribution in [2.45, 2.75) is 18.0 Å². The number of sulfonamides is 1. The Morgan fingerprint density at radius 1 is 1.00 bits per heavy atom. The lowest BCUT2D eigenvalue weighted by atomic mass is 10.1. The molecule has 0 aromatic heterocycles. The molecule has 0 fully saturated rings. The predicted octanol–water partition coefficient (Wildman–Crippen LogP) is 3.33. The fraction of sp³-hybridized carbons (Fsp3) is 0.133. The molecule has 0 atom stereocenters. The van der Waals surface area contributed by atoms with Crippen LogP contribution in [0.5, 0.6) is 0 Å². The van der Waals surface area contributed by atoms with Crippen LogP contribution in [0.15, 0.2) is 58.5 Å². The van der Waals surface area contributed by atoms with Crippen LogP contribution in [-0.2, 0) is 16.2 Å². The van der Waals surface area contributed by atoms with Crippen molar-refractivity contribution >= 4 is 16.2 Å². The summed E-state index contributed by atoms with van der Waals surface area (Å²) in [5.41, 5.74) is 0.469. The summed E-state index contributed by atoms with van der Waals surface area (Å²) in [6.45, 7) is 1.83. The molecule has 4 nitrogen and oxygen atoms in total. The Balaban J connectivity index is 2.07. The minimum absolute atomic E-state index is 0.0488. The molecule has 122 valence electrons. The first kappa shape index (κ1) is 17.0. The molecule has 0 spiro atoms. The van der Waals surface area contributed by atoms with Gasteiger partial charge in [-0.25, -0.2) is 4.83 Å². The van der Waals surface area contributed by atoms with Crippen LogP contribution in [0.3, 0.4) is 0 Å². The van der Waals surface area contributed by atoms with Crippen LogP contribution in [0, 0.1) is 6.92 Å². The Kier molecular flexibility index (Phi) is 4.74. The third-order valence-corrected chi connectivity index (χ3v) is 4.19. The number of alkyl halides is 3. The van der Waals surface area contributed by atoms with E-state index >= 15 is 0 Å². The van der Waals surface area contributed by atoms with E-state index in [1.54, 1.807) is 12.1 Å². The van der Waals surface area contributed by atoms with E-state index < -0.39 is 21.8 Å². The number of hydrazone groups is 1. The summed E-state index contributed by atoms with van der Waals surface area (Å²) in [6.07, 6.45) is -3.28. The molecule has 0 radical (unpaired) electrons. The van der Waals surface area contributed by atoms with Gasteiger partial charge in [0.2, 0.25) is 0 Å². The van der Waals surface area contributed by atoms with Crippen LogP contribution >= 0.6 is 0 Å². The standard InChI is InChI=1S/C15H13F3N2O2S/c1-11-2-8-14(9-3-11)23(21,22)20-19-10-12-4-6-13(7-5-12)15(16,17)18/h2-10,20H,1H3/b19-10+. The maximum atomic E-state index is 12.4. The smallest absolute Gasteiger partial charge is 0.200 e. The highest BCUT2D eigenvalue weighted by Crippen LogP contribution is 2.28. The second-order valence-corrected chi connectivity index (χ2v) is 6.45. The van der Waals surface area contributed by atoms with E-state index in [1.807, 2.05) is 11.8 Å². The van der Waals surface area contributed by atoms with E-state index in [2.05, 4.69) is 5.10 Å². The van der Waals surface area contributed by atoms with Gasteiger partial charge in [0.1, 0.15) is 0 Å². The molecule has 2 rings (SSSR count). The van der Waals surface area contributed by atoms with Crippen LogP contribution in [0.1, 0.15) is 16.7 Å². The molecular formula is C15H13F3N2O2S. The van der Waals surface area contributed by atoms with Crippen LogP contribution < -0.4 is 4.83 Å². The van der Waals surface area contributed by atoms with Gasteiger partial charge >= 0.3 is 6.18 Å². The maximum absolute atomic E-state index is 12.4. The minimum Gasteiger partial charge on any atom is -0.200 e. The molecule has 0 aliphatic heterocycles. The van der Waals surface area contributed by atoms with Crippen LogP contribution in [0.4, 0.5) is 13.2 Å². The van der Waals surface area contributed by atoms with Gasteiger partial charge in [0.15, 0.2) is 0 Å². The third-order valence-electron chi connectivity index (χ3n) is 2.96. The topological polar surface area (TPSA) is 58.5 Å². The largest absolute Gasteiger partial charge is 0.416 e. The molecule has 0 heterocycles. The van der Waals surface area contributed by atoms with Crippen molar-refractivity contribution in [1.82, 2.24) is 4.83 Å². The lowest BCUT2D eigenvalue weighted by molar-refractivity contribution is -0.137. The van der Waals surface area contributed by atoms with Gasteiger partial charge in [0, 0.05) is 0 Å². The third kappa shape index (κ3) is 4.56. The highest BCUT2D eigenvalue weighted by molar-refractivity contribution is 7.89. The van der Waals surface area contributed by atoms with E-state index in [4.69, 9.17) is 0 Å². The van der Waals surface area contributed by atoms with E-state index in [0.29, 0.717) is 5.56 Å². The fourth-order valence-corrected chi connectivity index (χ4v) is 2.49. The number of rotatable bonds is 4. The molecule has 0 saturated carbocycles. The molecular weight excluding hydrogens is 329 g/mol. The Morgan fingerprint density at radius 3 is 2.09 bits per heavy atom. The SMILES string of the molecule is Cc1ccc(S(=O)(=O)N/N=C/c2ccc(C(F)(F)F)cc2)cc1. The number of nitrogens with zero attached hydrogens (tertiary/aromatic N) is 1. The Hall–Kier alpha value is -2.35. The zero-order chi connectivity index (χ0) is 17.1. The van der Waals surface area contributed by atoms with Gasteiger partial charge in [0.25, 0.3) is 10.0 Å². The van der Waals surface area contributed by atoms with Crippen molar-refractivity contribution < 1.29 is 21.6 Å². The van der Waals surface area contributed by atoms with E-state index in [-0.39, 0.29) is 4.90 Å². The summed E-state index contributed by atoms with van der Waals surface area (Å²) in [5, 5.41) is 3.56. The fourth-order valence-electron chi connectivity index (χ4n) is 1.70. The van der Waals surface area contributed by atoms with Crippen LogP contribution in [-0.4, -0.2) is 14.6 Å². The molecule has 0 saturated heterocycles. The molecule has 0 bridgehead atoms. The van der Waals surface area contributed by atoms with Crippen molar-refractivity contribution in [3.05, 3.63) is 65.2 Å². The Bertz CT molecular complexity index is 796. The summed E-state index contributed by atoms with van der Waals surface area (Å²) in [5.74, 6) is 0. The normalized spacial score (nSPS) is 12.5. The first-order valence-corrected chi connectivity index (χ1v) is 7.95. The van der Waals surface area contributed by atoms with Gasteiger partial charge in [-0.3, -0.25) is 0 Å². The van der Waals surface area contributed by atoms with Crippen LogP contribution in [0.25, 0.3) is 0 Å². The van der Waals surface area contributed by atoms with Gasteiger partial charge in [0.05, 0.1) is 16.7 Å². The van der Waals surface area contributed by atoms with E-state index in [0.717, 1.165) is 23.9 Å². The second-order valence-electron chi connectivity index (χ2n) is 4.79. The zero-order valence-electron chi connectivity index (χ0n) is 12.0. The lowest BCUT2D eigenvalue weighted by Gasteiger charge is -2.06.